The highest BCUT2D eigenvalue weighted by Crippen LogP contribution is 2.27. The van der Waals surface area contributed by atoms with Gasteiger partial charge in [-0.05, 0) is 26.0 Å². The Morgan fingerprint density at radius 1 is 1.28 bits per heavy atom. The molecule has 2 unspecified atom stereocenters. The minimum Gasteiger partial charge on any atom is -0.376 e. The smallest absolute Gasteiger partial charge is 0.163 e. The first-order chi connectivity index (χ1) is 8.52. The van der Waals surface area contributed by atoms with E-state index in [0.29, 0.717) is 12.2 Å². The Hall–Kier alpha value is -1.00. The molecule has 0 radical (unpaired) electrons. The number of likely N-dealkylation sites (N-methyl/N-ethyl adjacent to an activating group) is 1. The molecular weight excluding hydrogens is 236 g/mol. The lowest BCUT2D eigenvalue weighted by atomic mass is 9.93. The molecule has 18 heavy (non-hydrogen) atoms. The maximum absolute atomic E-state index is 13.8. The Balaban J connectivity index is 3.10. The van der Waals surface area contributed by atoms with Crippen LogP contribution in [0.3, 0.4) is 0 Å². The fraction of sp³-hybridized carbons (Fsp3) is 0.571. The van der Waals surface area contributed by atoms with Crippen molar-refractivity contribution in [1.29, 1.82) is 0 Å². The van der Waals surface area contributed by atoms with E-state index in [9.17, 15) is 8.78 Å². The van der Waals surface area contributed by atoms with Gasteiger partial charge in [-0.15, -0.1) is 0 Å². The largest absolute Gasteiger partial charge is 0.376 e. The molecule has 4 heteroatoms. The van der Waals surface area contributed by atoms with Crippen LogP contribution in [0.4, 0.5) is 8.78 Å². The average molecular weight is 257 g/mol. The highest BCUT2D eigenvalue weighted by atomic mass is 19.2. The van der Waals surface area contributed by atoms with Gasteiger partial charge < -0.3 is 10.1 Å². The van der Waals surface area contributed by atoms with E-state index in [1.54, 1.807) is 13.1 Å². The summed E-state index contributed by atoms with van der Waals surface area (Å²) >= 11 is 0. The number of benzene rings is 1. The van der Waals surface area contributed by atoms with Gasteiger partial charge in [0.05, 0.1) is 12.1 Å². The van der Waals surface area contributed by atoms with Crippen LogP contribution in [0.5, 0.6) is 0 Å². The zero-order valence-corrected chi connectivity index (χ0v) is 11.3. The van der Waals surface area contributed by atoms with E-state index in [0.717, 1.165) is 6.07 Å². The van der Waals surface area contributed by atoms with Crippen molar-refractivity contribution in [3.05, 3.63) is 35.4 Å². The summed E-state index contributed by atoms with van der Waals surface area (Å²) < 4.78 is 32.8. The fourth-order valence-corrected chi connectivity index (χ4v) is 2.12. The van der Waals surface area contributed by atoms with Crippen molar-refractivity contribution in [1.82, 2.24) is 5.32 Å². The zero-order valence-electron chi connectivity index (χ0n) is 11.3. The van der Waals surface area contributed by atoms with E-state index >= 15 is 0 Å². The molecule has 0 aromatic heterocycles. The normalized spacial score (nSPS) is 14.8. The zero-order chi connectivity index (χ0) is 13.7. The van der Waals surface area contributed by atoms with Gasteiger partial charge in [0.15, 0.2) is 11.6 Å². The second-order valence-electron chi connectivity index (χ2n) is 4.57. The Kier molecular flexibility index (Phi) is 5.69. The van der Waals surface area contributed by atoms with Gasteiger partial charge in [-0.3, -0.25) is 0 Å². The Morgan fingerprint density at radius 3 is 2.44 bits per heavy atom. The lowest BCUT2D eigenvalue weighted by Gasteiger charge is -2.30. The second kappa shape index (κ2) is 6.81. The SMILES string of the molecule is CCOC(C(C)C)C(NC)c1cccc(F)c1F. The number of hydrogen-bond donors (Lipinski definition) is 1. The molecule has 0 fully saturated rings. The molecule has 102 valence electrons. The summed E-state index contributed by atoms with van der Waals surface area (Å²) in [6.07, 6.45) is -0.198. The quantitative estimate of drug-likeness (QED) is 0.844. The Morgan fingerprint density at radius 2 is 1.94 bits per heavy atom. The number of halogens is 2. The van der Waals surface area contributed by atoms with Gasteiger partial charge in [-0.25, -0.2) is 8.78 Å². The molecule has 0 amide bonds. The lowest BCUT2D eigenvalue weighted by Crippen LogP contribution is -2.36. The first-order valence-electron chi connectivity index (χ1n) is 6.25. The molecule has 2 nitrogen and oxygen atoms in total. The second-order valence-corrected chi connectivity index (χ2v) is 4.57. The molecule has 0 spiro atoms. The summed E-state index contributed by atoms with van der Waals surface area (Å²) in [5, 5.41) is 3.02. The molecule has 0 heterocycles. The molecule has 1 N–H and O–H groups in total. The van der Waals surface area contributed by atoms with Crippen molar-refractivity contribution < 1.29 is 13.5 Å². The van der Waals surface area contributed by atoms with Gasteiger partial charge in [-0.1, -0.05) is 26.0 Å². The van der Waals surface area contributed by atoms with Crippen LogP contribution in [0.2, 0.25) is 0 Å². The Labute approximate surface area is 107 Å². The Bertz CT molecular complexity index is 382. The van der Waals surface area contributed by atoms with Gasteiger partial charge in [-0.2, -0.15) is 0 Å². The number of hydrogen-bond acceptors (Lipinski definition) is 2. The third-order valence-electron chi connectivity index (χ3n) is 2.97. The highest BCUT2D eigenvalue weighted by Gasteiger charge is 2.28. The van der Waals surface area contributed by atoms with E-state index < -0.39 is 11.6 Å². The molecule has 0 aliphatic rings. The predicted molar refractivity (Wildman–Crippen MR) is 68.4 cm³/mol. The molecule has 0 bridgehead atoms. The fourth-order valence-electron chi connectivity index (χ4n) is 2.12. The highest BCUT2D eigenvalue weighted by molar-refractivity contribution is 5.23. The third-order valence-corrected chi connectivity index (χ3v) is 2.97. The van der Waals surface area contributed by atoms with Crippen LogP contribution >= 0.6 is 0 Å². The minimum absolute atomic E-state index is 0.198. The predicted octanol–water partition coefficient (Wildman–Crippen LogP) is 3.29. The van der Waals surface area contributed by atoms with E-state index in [2.05, 4.69) is 5.32 Å². The number of rotatable bonds is 6. The molecule has 1 aromatic carbocycles. The van der Waals surface area contributed by atoms with Crippen LogP contribution in [0.1, 0.15) is 32.4 Å². The van der Waals surface area contributed by atoms with Crippen molar-refractivity contribution in [2.24, 2.45) is 5.92 Å². The van der Waals surface area contributed by atoms with Gasteiger partial charge >= 0.3 is 0 Å². The first kappa shape index (κ1) is 15.1. The monoisotopic (exact) mass is 257 g/mol. The lowest BCUT2D eigenvalue weighted by molar-refractivity contribution is 0.00367. The summed E-state index contributed by atoms with van der Waals surface area (Å²) in [5.41, 5.74) is 0.310. The maximum atomic E-state index is 13.8. The average Bonchev–Trinajstić information content (AvgIpc) is 2.33. The molecule has 1 aromatic rings. The van der Waals surface area contributed by atoms with Crippen LogP contribution in [0, 0.1) is 17.6 Å². The van der Waals surface area contributed by atoms with E-state index in [-0.39, 0.29) is 18.1 Å². The van der Waals surface area contributed by atoms with Crippen LogP contribution in [0.25, 0.3) is 0 Å². The molecule has 0 aliphatic carbocycles. The molecule has 0 saturated carbocycles. The molecule has 2 atom stereocenters. The van der Waals surface area contributed by atoms with E-state index in [4.69, 9.17) is 4.74 Å². The van der Waals surface area contributed by atoms with Crippen LogP contribution < -0.4 is 5.32 Å². The minimum atomic E-state index is -0.827. The van der Waals surface area contributed by atoms with Crippen molar-refractivity contribution in [3.63, 3.8) is 0 Å². The van der Waals surface area contributed by atoms with Crippen LogP contribution in [-0.2, 0) is 4.74 Å². The van der Waals surface area contributed by atoms with E-state index in [1.165, 1.54) is 6.07 Å². The van der Waals surface area contributed by atoms with Gasteiger partial charge in [0, 0.05) is 12.2 Å². The molecule has 0 aliphatic heterocycles. The van der Waals surface area contributed by atoms with Crippen molar-refractivity contribution >= 4 is 0 Å². The topological polar surface area (TPSA) is 21.3 Å². The van der Waals surface area contributed by atoms with Crippen molar-refractivity contribution in [3.8, 4) is 0 Å². The first-order valence-corrected chi connectivity index (χ1v) is 6.25. The molecule has 0 saturated heterocycles. The summed E-state index contributed by atoms with van der Waals surface area (Å²) in [6, 6.07) is 3.87. The maximum Gasteiger partial charge on any atom is 0.163 e. The van der Waals surface area contributed by atoms with Crippen molar-refractivity contribution in [2.75, 3.05) is 13.7 Å². The third kappa shape index (κ3) is 3.27. The molecule has 1 rings (SSSR count). The standard InChI is InChI=1S/C14H21F2NO/c1-5-18-14(9(2)3)13(17-4)10-7-6-8-11(15)12(10)16/h6-9,13-14,17H,5H2,1-4H3. The molecular formula is C14H21F2NO. The van der Waals surface area contributed by atoms with Crippen LogP contribution in [-0.4, -0.2) is 19.8 Å². The van der Waals surface area contributed by atoms with Gasteiger partial charge in [0.2, 0.25) is 0 Å². The van der Waals surface area contributed by atoms with Crippen LogP contribution in [0.15, 0.2) is 18.2 Å². The van der Waals surface area contributed by atoms with Gasteiger partial charge in [0.1, 0.15) is 0 Å². The van der Waals surface area contributed by atoms with Crippen molar-refractivity contribution in [2.45, 2.75) is 32.9 Å². The number of nitrogens with one attached hydrogen (secondary N) is 1. The van der Waals surface area contributed by atoms with E-state index in [1.807, 2.05) is 20.8 Å². The van der Waals surface area contributed by atoms with Gasteiger partial charge in [0.25, 0.3) is 0 Å². The summed E-state index contributed by atoms with van der Waals surface area (Å²) in [4.78, 5) is 0. The summed E-state index contributed by atoms with van der Waals surface area (Å²) in [6.45, 7) is 6.44. The summed E-state index contributed by atoms with van der Waals surface area (Å²) in [5.74, 6) is -1.43. The summed E-state index contributed by atoms with van der Waals surface area (Å²) in [7, 11) is 1.73. The number of ether oxygens (including phenoxy) is 1.